The van der Waals surface area contributed by atoms with Crippen LogP contribution >= 0.6 is 8.25 Å². The van der Waals surface area contributed by atoms with Gasteiger partial charge in [-0.05, 0) is 30.5 Å². The van der Waals surface area contributed by atoms with Crippen molar-refractivity contribution in [3.8, 4) is 11.4 Å². The Morgan fingerprint density at radius 3 is 2.66 bits per heavy atom. The van der Waals surface area contributed by atoms with Crippen LogP contribution in [-0.2, 0) is 43.8 Å². The van der Waals surface area contributed by atoms with Crippen LogP contribution in [0.5, 0.6) is 0 Å². The van der Waals surface area contributed by atoms with Crippen LogP contribution in [0.15, 0.2) is 35.1 Å². The monoisotopic (exact) mass is 512 g/mol. The lowest BCUT2D eigenvalue weighted by molar-refractivity contribution is -0.169. The molecule has 0 bridgehead atoms. The fourth-order valence-electron chi connectivity index (χ4n) is 5.20. The molecule has 0 spiro atoms. The molecule has 2 atom stereocenters. The standard InChI is InChI=1S/C25H29N2O6PSi/c1-5-25(33-34(30)31)19-12-21-22-17(13-27(21)23(28)18(19)14-32-24(25)29)15(10-11-35(2,3)4)16-8-6-7-9-20(16)26-22/h6-9,12,34H,5,10-11,13-14H2,1-4H3,(H,30,31)/t25-/m0/s1. The molecule has 3 aromatic rings. The number of aryl methyl sites for hydroxylation is 1. The quantitative estimate of drug-likeness (QED) is 0.232. The molecule has 0 aliphatic carbocycles. The Kier molecular flexibility index (Phi) is 5.87. The Bertz CT molecular complexity index is 1460. The van der Waals surface area contributed by atoms with Crippen LogP contribution in [-0.4, -0.2) is 28.5 Å². The summed E-state index contributed by atoms with van der Waals surface area (Å²) in [5.74, 6) is -0.759. The van der Waals surface area contributed by atoms with Gasteiger partial charge in [0.2, 0.25) is 0 Å². The van der Waals surface area contributed by atoms with E-state index in [0.717, 1.165) is 34.6 Å². The number of aromatic nitrogens is 2. The van der Waals surface area contributed by atoms with E-state index >= 15 is 0 Å². The zero-order valence-electron chi connectivity index (χ0n) is 20.3. The normalized spacial score (nSPS) is 19.7. The SMILES string of the molecule is CC[C@@]1(O[PH](=O)O)C(=O)OCc2c1cc1n(c2=O)Cc2c-1nc1ccccc1c2CC[Si](C)(C)C. The molecule has 0 saturated carbocycles. The summed E-state index contributed by atoms with van der Waals surface area (Å²) in [6, 6.07) is 10.9. The highest BCUT2D eigenvalue weighted by Gasteiger charge is 2.49. The summed E-state index contributed by atoms with van der Waals surface area (Å²) >= 11 is 0. The van der Waals surface area contributed by atoms with E-state index in [2.05, 4.69) is 25.7 Å². The van der Waals surface area contributed by atoms with Crippen molar-refractivity contribution in [1.82, 2.24) is 9.55 Å². The molecule has 35 heavy (non-hydrogen) atoms. The maximum atomic E-state index is 13.7. The summed E-state index contributed by atoms with van der Waals surface area (Å²) in [6.07, 6.45) is 0.956. The molecule has 10 heteroatoms. The second kappa shape index (κ2) is 8.52. The van der Waals surface area contributed by atoms with Gasteiger partial charge in [0.15, 0.2) is 5.60 Å². The van der Waals surface area contributed by atoms with Gasteiger partial charge >= 0.3 is 14.2 Å². The van der Waals surface area contributed by atoms with E-state index in [9.17, 15) is 19.0 Å². The van der Waals surface area contributed by atoms with Crippen molar-refractivity contribution < 1.29 is 23.5 Å². The largest absolute Gasteiger partial charge is 0.458 e. The van der Waals surface area contributed by atoms with Gasteiger partial charge in [0.25, 0.3) is 5.56 Å². The van der Waals surface area contributed by atoms with Crippen LogP contribution in [0.1, 0.15) is 35.6 Å². The molecular formula is C25H29N2O6PSi. The number of ether oxygens (including phenoxy) is 1. The van der Waals surface area contributed by atoms with Gasteiger partial charge in [-0.2, -0.15) is 0 Å². The van der Waals surface area contributed by atoms with Crippen LogP contribution < -0.4 is 5.56 Å². The van der Waals surface area contributed by atoms with Crippen molar-refractivity contribution in [2.45, 2.75) is 64.2 Å². The van der Waals surface area contributed by atoms with E-state index in [4.69, 9.17) is 14.2 Å². The minimum atomic E-state index is -3.49. The van der Waals surface area contributed by atoms with Crippen LogP contribution in [0.4, 0.5) is 0 Å². The van der Waals surface area contributed by atoms with Gasteiger partial charge in [-0.3, -0.25) is 13.9 Å². The van der Waals surface area contributed by atoms with E-state index in [0.29, 0.717) is 17.8 Å². The third kappa shape index (κ3) is 3.91. The van der Waals surface area contributed by atoms with Crippen molar-refractivity contribution >= 4 is 33.2 Å². The number of para-hydroxylation sites is 1. The van der Waals surface area contributed by atoms with E-state index in [1.165, 1.54) is 5.56 Å². The fourth-order valence-corrected chi connectivity index (χ4v) is 6.84. The lowest BCUT2D eigenvalue weighted by Crippen LogP contribution is -2.45. The highest BCUT2D eigenvalue weighted by Crippen LogP contribution is 2.45. The van der Waals surface area contributed by atoms with Crippen LogP contribution in [0, 0.1) is 0 Å². The van der Waals surface area contributed by atoms with Gasteiger partial charge in [0.05, 0.1) is 29.0 Å². The Hall–Kier alpha value is -2.58. The summed E-state index contributed by atoms with van der Waals surface area (Å²) in [5.41, 5.74) is 2.88. The number of cyclic esters (lactones) is 1. The van der Waals surface area contributed by atoms with E-state index < -0.39 is 27.9 Å². The Morgan fingerprint density at radius 1 is 1.23 bits per heavy atom. The van der Waals surface area contributed by atoms with Crippen LogP contribution in [0.2, 0.25) is 25.7 Å². The summed E-state index contributed by atoms with van der Waals surface area (Å²) in [5, 5.41) is 1.10. The number of nitrogens with zero attached hydrogens (tertiary/aromatic N) is 2. The summed E-state index contributed by atoms with van der Waals surface area (Å²) in [7, 11) is -4.82. The summed E-state index contributed by atoms with van der Waals surface area (Å²) in [4.78, 5) is 41.0. The van der Waals surface area contributed by atoms with Crippen molar-refractivity contribution in [2.24, 2.45) is 0 Å². The smallest absolute Gasteiger partial charge is 0.344 e. The predicted octanol–water partition coefficient (Wildman–Crippen LogP) is 4.37. The highest BCUT2D eigenvalue weighted by molar-refractivity contribution is 7.32. The molecule has 2 aliphatic heterocycles. The molecule has 0 amide bonds. The van der Waals surface area contributed by atoms with Crippen LogP contribution in [0.25, 0.3) is 22.3 Å². The maximum Gasteiger partial charge on any atom is 0.344 e. The van der Waals surface area contributed by atoms with Gasteiger partial charge in [-0.1, -0.05) is 50.8 Å². The number of carbonyl (C=O) groups excluding carboxylic acids is 1. The molecule has 2 aromatic heterocycles. The maximum absolute atomic E-state index is 13.7. The van der Waals surface area contributed by atoms with Gasteiger partial charge in [-0.25, -0.2) is 9.78 Å². The van der Waals surface area contributed by atoms with E-state index in [-0.39, 0.29) is 24.2 Å². The van der Waals surface area contributed by atoms with Crippen LogP contribution in [0.3, 0.4) is 0 Å². The Labute approximate surface area is 204 Å². The summed E-state index contributed by atoms with van der Waals surface area (Å²) < 4.78 is 24.0. The van der Waals surface area contributed by atoms with Crippen molar-refractivity contribution in [3.63, 3.8) is 0 Å². The third-order valence-electron chi connectivity index (χ3n) is 7.07. The number of benzene rings is 1. The number of hydrogen-bond acceptors (Lipinski definition) is 6. The van der Waals surface area contributed by atoms with Crippen molar-refractivity contribution in [2.75, 3.05) is 0 Å². The molecule has 5 rings (SSSR count). The third-order valence-corrected chi connectivity index (χ3v) is 9.34. The minimum absolute atomic E-state index is 0.0537. The second-order valence-electron chi connectivity index (χ2n) is 10.4. The first-order valence-electron chi connectivity index (χ1n) is 11.8. The van der Waals surface area contributed by atoms with Gasteiger partial charge in [-0.15, -0.1) is 0 Å². The number of carbonyl (C=O) groups is 1. The topological polar surface area (TPSA) is 108 Å². The highest BCUT2D eigenvalue weighted by atomic mass is 31.1. The Balaban J connectivity index is 1.76. The van der Waals surface area contributed by atoms with Gasteiger partial charge in [0, 0.05) is 24.6 Å². The zero-order valence-corrected chi connectivity index (χ0v) is 22.3. The number of pyridine rings is 2. The van der Waals surface area contributed by atoms with Gasteiger partial charge in [0.1, 0.15) is 6.61 Å². The molecule has 1 aromatic carbocycles. The lowest BCUT2D eigenvalue weighted by Gasteiger charge is -2.34. The number of hydrogen-bond donors (Lipinski definition) is 1. The number of fused-ring (bicyclic) bond motifs is 5. The molecule has 0 radical (unpaired) electrons. The Morgan fingerprint density at radius 2 is 1.97 bits per heavy atom. The average Bonchev–Trinajstić information content (AvgIpc) is 3.16. The van der Waals surface area contributed by atoms with E-state index in [1.54, 1.807) is 17.6 Å². The van der Waals surface area contributed by atoms with E-state index in [1.807, 2.05) is 18.2 Å². The molecule has 1 unspecified atom stereocenters. The van der Waals surface area contributed by atoms with Crippen molar-refractivity contribution in [1.29, 1.82) is 0 Å². The molecular weight excluding hydrogens is 483 g/mol. The fraction of sp³-hybridized carbons (Fsp3) is 0.400. The lowest BCUT2D eigenvalue weighted by atomic mass is 9.86. The molecule has 184 valence electrons. The molecule has 4 heterocycles. The molecule has 0 saturated heterocycles. The number of esters is 1. The first kappa shape index (κ1) is 24.1. The predicted molar refractivity (Wildman–Crippen MR) is 136 cm³/mol. The van der Waals surface area contributed by atoms with Gasteiger partial charge < -0.3 is 14.2 Å². The van der Waals surface area contributed by atoms with Crippen molar-refractivity contribution in [3.05, 3.63) is 62.9 Å². The first-order valence-corrected chi connectivity index (χ1v) is 16.8. The molecule has 2 aliphatic rings. The number of rotatable bonds is 6. The second-order valence-corrected chi connectivity index (χ2v) is 16.8. The minimum Gasteiger partial charge on any atom is -0.458 e. The first-order chi connectivity index (χ1) is 16.6. The summed E-state index contributed by atoms with van der Waals surface area (Å²) in [6.45, 7) is 8.90. The average molecular weight is 513 g/mol. The molecule has 0 fully saturated rings. The molecule has 1 N–H and O–H groups in total. The zero-order chi connectivity index (χ0) is 25.1. The molecule has 8 nitrogen and oxygen atoms in total.